The summed E-state index contributed by atoms with van der Waals surface area (Å²) in [6, 6.07) is 6.20. The Hall–Kier alpha value is -1.15. The molecule has 0 aliphatic rings. The molecule has 0 fully saturated rings. The van der Waals surface area contributed by atoms with Crippen LogP contribution in [0, 0.1) is 13.8 Å². The van der Waals surface area contributed by atoms with Gasteiger partial charge in [-0.15, -0.1) is 0 Å². The van der Waals surface area contributed by atoms with Crippen LogP contribution in [0.3, 0.4) is 0 Å². The number of hydrogen-bond acceptors (Lipinski definition) is 2. The maximum atomic E-state index is 12.0. The fraction of sp³-hybridized carbons (Fsp3) is 0.500. The number of likely N-dealkylation sites (N-methyl/N-ethyl adjacent to an activating group) is 1. The molecule has 0 aliphatic heterocycles. The molecule has 0 bridgehead atoms. The highest BCUT2D eigenvalue weighted by molar-refractivity contribution is 5.89. The van der Waals surface area contributed by atoms with E-state index in [1.807, 2.05) is 27.0 Å². The summed E-state index contributed by atoms with van der Waals surface area (Å²) in [5, 5.41) is 3.04. The Morgan fingerprint density at radius 2 is 1.88 bits per heavy atom. The van der Waals surface area contributed by atoms with Gasteiger partial charge in [0.15, 0.2) is 5.78 Å². The van der Waals surface area contributed by atoms with E-state index in [2.05, 4.69) is 31.3 Å². The second-order valence-corrected chi connectivity index (χ2v) is 4.89. The summed E-state index contributed by atoms with van der Waals surface area (Å²) in [5.41, 5.74) is 3.16. The largest absolute Gasteiger partial charge is 0.308 e. The Labute approximate surface area is 98.1 Å². The molecule has 2 heteroatoms. The number of nitrogens with one attached hydrogen (secondary N) is 1. The van der Waals surface area contributed by atoms with Gasteiger partial charge in [-0.05, 0) is 51.4 Å². The fourth-order valence-electron chi connectivity index (χ4n) is 1.46. The van der Waals surface area contributed by atoms with E-state index in [1.165, 1.54) is 11.1 Å². The van der Waals surface area contributed by atoms with Crippen molar-refractivity contribution >= 4 is 5.78 Å². The lowest BCUT2D eigenvalue weighted by molar-refractivity contribution is -0.123. The summed E-state index contributed by atoms with van der Waals surface area (Å²) >= 11 is 0. The summed E-state index contributed by atoms with van der Waals surface area (Å²) < 4.78 is 0. The number of aryl methyl sites for hydroxylation is 2. The number of carbonyl (C=O) groups is 1. The predicted molar refractivity (Wildman–Crippen MR) is 67.8 cm³/mol. The van der Waals surface area contributed by atoms with Crippen molar-refractivity contribution in [1.29, 1.82) is 0 Å². The maximum Gasteiger partial charge on any atom is 0.156 e. The minimum atomic E-state index is -0.446. The monoisotopic (exact) mass is 219 g/mol. The SMILES string of the molecule is CNC(C)(C)C(=O)Cc1ccc(C)c(C)c1. The van der Waals surface area contributed by atoms with Crippen molar-refractivity contribution in [3.05, 3.63) is 34.9 Å². The Morgan fingerprint density at radius 1 is 1.25 bits per heavy atom. The Balaban J connectivity index is 2.82. The molecule has 0 saturated carbocycles. The average molecular weight is 219 g/mol. The molecular weight excluding hydrogens is 198 g/mol. The molecule has 1 N–H and O–H groups in total. The standard InChI is InChI=1S/C14H21NO/c1-10-6-7-12(8-11(10)2)9-13(16)14(3,4)15-5/h6-8,15H,9H2,1-5H3. The summed E-state index contributed by atoms with van der Waals surface area (Å²) in [4.78, 5) is 12.0. The van der Waals surface area contributed by atoms with Gasteiger partial charge < -0.3 is 5.32 Å². The van der Waals surface area contributed by atoms with E-state index in [0.29, 0.717) is 6.42 Å². The van der Waals surface area contributed by atoms with Gasteiger partial charge in [0.1, 0.15) is 0 Å². The quantitative estimate of drug-likeness (QED) is 0.842. The predicted octanol–water partition coefficient (Wildman–Crippen LogP) is 2.41. The van der Waals surface area contributed by atoms with Gasteiger partial charge in [-0.2, -0.15) is 0 Å². The van der Waals surface area contributed by atoms with Gasteiger partial charge in [0.25, 0.3) is 0 Å². The highest BCUT2D eigenvalue weighted by Gasteiger charge is 2.24. The van der Waals surface area contributed by atoms with Crippen molar-refractivity contribution in [2.75, 3.05) is 7.05 Å². The summed E-state index contributed by atoms with van der Waals surface area (Å²) in [7, 11) is 1.82. The molecular formula is C14H21NO. The molecule has 0 saturated heterocycles. The van der Waals surface area contributed by atoms with Crippen LogP contribution < -0.4 is 5.32 Å². The van der Waals surface area contributed by atoms with Crippen molar-refractivity contribution in [1.82, 2.24) is 5.32 Å². The lowest BCUT2D eigenvalue weighted by Crippen LogP contribution is -2.45. The third-order valence-corrected chi connectivity index (χ3v) is 3.26. The molecule has 0 atom stereocenters. The third-order valence-electron chi connectivity index (χ3n) is 3.26. The van der Waals surface area contributed by atoms with Crippen LogP contribution in [0.2, 0.25) is 0 Å². The first-order valence-corrected chi connectivity index (χ1v) is 5.65. The molecule has 1 aromatic carbocycles. The number of carbonyl (C=O) groups excluding carboxylic acids is 1. The molecule has 0 amide bonds. The Morgan fingerprint density at radius 3 is 2.38 bits per heavy atom. The number of ketones is 1. The van der Waals surface area contributed by atoms with E-state index < -0.39 is 5.54 Å². The molecule has 0 heterocycles. The maximum absolute atomic E-state index is 12.0. The van der Waals surface area contributed by atoms with Crippen LogP contribution in [0.15, 0.2) is 18.2 Å². The summed E-state index contributed by atoms with van der Waals surface area (Å²) in [6.07, 6.45) is 0.495. The van der Waals surface area contributed by atoms with Crippen molar-refractivity contribution in [2.45, 2.75) is 39.7 Å². The van der Waals surface area contributed by atoms with Gasteiger partial charge in [0.05, 0.1) is 5.54 Å². The normalized spacial score (nSPS) is 11.6. The van der Waals surface area contributed by atoms with Gasteiger partial charge in [0.2, 0.25) is 0 Å². The van der Waals surface area contributed by atoms with E-state index in [4.69, 9.17) is 0 Å². The molecule has 16 heavy (non-hydrogen) atoms. The molecule has 88 valence electrons. The van der Waals surface area contributed by atoms with Crippen LogP contribution in [0.25, 0.3) is 0 Å². The molecule has 0 spiro atoms. The molecule has 1 rings (SSSR count). The van der Waals surface area contributed by atoms with Gasteiger partial charge in [-0.3, -0.25) is 4.79 Å². The topological polar surface area (TPSA) is 29.1 Å². The van der Waals surface area contributed by atoms with Crippen LogP contribution in [-0.2, 0) is 11.2 Å². The van der Waals surface area contributed by atoms with Gasteiger partial charge in [-0.25, -0.2) is 0 Å². The molecule has 0 aliphatic carbocycles. The smallest absolute Gasteiger partial charge is 0.156 e. The summed E-state index contributed by atoms with van der Waals surface area (Å²) in [6.45, 7) is 7.98. The van der Waals surface area contributed by atoms with Gasteiger partial charge >= 0.3 is 0 Å². The zero-order valence-electron chi connectivity index (χ0n) is 10.8. The van der Waals surface area contributed by atoms with Crippen molar-refractivity contribution < 1.29 is 4.79 Å². The van der Waals surface area contributed by atoms with E-state index in [-0.39, 0.29) is 5.78 Å². The molecule has 1 aromatic rings. The minimum absolute atomic E-state index is 0.221. The van der Waals surface area contributed by atoms with Gasteiger partial charge in [0, 0.05) is 6.42 Å². The lowest BCUT2D eigenvalue weighted by Gasteiger charge is -2.22. The third kappa shape index (κ3) is 2.92. The number of benzene rings is 1. The van der Waals surface area contributed by atoms with E-state index in [1.54, 1.807) is 0 Å². The van der Waals surface area contributed by atoms with E-state index >= 15 is 0 Å². The summed E-state index contributed by atoms with van der Waals surface area (Å²) in [5.74, 6) is 0.221. The van der Waals surface area contributed by atoms with E-state index in [9.17, 15) is 4.79 Å². The first-order valence-electron chi connectivity index (χ1n) is 5.65. The highest BCUT2D eigenvalue weighted by Crippen LogP contribution is 2.13. The van der Waals surface area contributed by atoms with Crippen molar-refractivity contribution in [3.8, 4) is 0 Å². The lowest BCUT2D eigenvalue weighted by atomic mass is 9.93. The number of rotatable bonds is 4. The second kappa shape index (κ2) is 4.79. The first-order chi connectivity index (χ1) is 7.36. The molecule has 0 unspecified atom stereocenters. The zero-order valence-corrected chi connectivity index (χ0v) is 10.8. The highest BCUT2D eigenvalue weighted by atomic mass is 16.1. The first kappa shape index (κ1) is 12.9. The molecule has 0 aromatic heterocycles. The van der Waals surface area contributed by atoms with Crippen LogP contribution in [0.1, 0.15) is 30.5 Å². The Kier molecular flexibility index (Phi) is 3.87. The number of hydrogen-bond donors (Lipinski definition) is 1. The van der Waals surface area contributed by atoms with Crippen LogP contribution in [0.4, 0.5) is 0 Å². The number of Topliss-reactive ketones (excluding diaryl/α,β-unsaturated/α-hetero) is 1. The zero-order chi connectivity index (χ0) is 12.3. The fourth-order valence-corrected chi connectivity index (χ4v) is 1.46. The van der Waals surface area contributed by atoms with Crippen LogP contribution in [-0.4, -0.2) is 18.4 Å². The van der Waals surface area contributed by atoms with Crippen molar-refractivity contribution in [2.24, 2.45) is 0 Å². The van der Waals surface area contributed by atoms with Gasteiger partial charge in [-0.1, -0.05) is 18.2 Å². The minimum Gasteiger partial charge on any atom is -0.308 e. The van der Waals surface area contributed by atoms with Crippen LogP contribution in [0.5, 0.6) is 0 Å². The van der Waals surface area contributed by atoms with Crippen molar-refractivity contribution in [3.63, 3.8) is 0 Å². The Bertz CT molecular complexity index is 394. The second-order valence-electron chi connectivity index (χ2n) is 4.89. The molecule has 0 radical (unpaired) electrons. The molecule has 2 nitrogen and oxygen atoms in total. The average Bonchev–Trinajstić information content (AvgIpc) is 2.23. The van der Waals surface area contributed by atoms with E-state index in [0.717, 1.165) is 5.56 Å². The van der Waals surface area contributed by atoms with Crippen LogP contribution >= 0.6 is 0 Å².